The first-order valence-electron chi connectivity index (χ1n) is 24.2. The zero-order valence-corrected chi connectivity index (χ0v) is 33.8. The normalized spacial score (nSPS) is 17.3. The highest BCUT2D eigenvalue weighted by Crippen LogP contribution is 2.79. The van der Waals surface area contributed by atoms with Gasteiger partial charge in [0.05, 0.1) is 11.0 Å². The Morgan fingerprint density at radius 1 is 0.197 bits per heavy atom. The van der Waals surface area contributed by atoms with Crippen LogP contribution >= 0.6 is 0 Å². The van der Waals surface area contributed by atoms with Gasteiger partial charge in [-0.1, -0.05) is 0 Å². The average Bonchev–Trinajstić information content (AvgIpc) is 4.18. The van der Waals surface area contributed by atoms with E-state index in [2.05, 4.69) is 4.57 Å². The van der Waals surface area contributed by atoms with Crippen molar-refractivity contribution in [2.24, 2.45) is 0 Å². The van der Waals surface area contributed by atoms with E-state index >= 15 is 4.79 Å². The number of aromatic nitrogens is 1. The molecule has 0 aliphatic carbocycles. The van der Waals surface area contributed by atoms with Crippen LogP contribution in [0.25, 0.3) is 323 Å². The van der Waals surface area contributed by atoms with Gasteiger partial charge in [-0.3, -0.25) is 4.57 Å². The van der Waals surface area contributed by atoms with Gasteiger partial charge in [0.15, 0.2) is 0 Å². The molecular weight excluding hydrogens is 801 g/mol. The summed E-state index contributed by atoms with van der Waals surface area (Å²) >= 11 is 0. The number of amides is 1. The molecule has 3 heteroatoms. The fraction of sp³-hybridized carbons (Fsp3) is 0.0317. The van der Waals surface area contributed by atoms with Gasteiger partial charge in [0, 0.05) is 326 Å². The van der Waals surface area contributed by atoms with Crippen molar-refractivity contribution in [1.82, 2.24) is 9.47 Å². The molecular formula is C63H6N2O. The van der Waals surface area contributed by atoms with E-state index in [-0.39, 0.29) is 6.03 Å². The second-order valence-electron chi connectivity index (χ2n) is 24.0. The lowest BCUT2D eigenvalue weighted by Gasteiger charge is -2.25. The molecule has 0 saturated carbocycles. The van der Waals surface area contributed by atoms with Gasteiger partial charge in [0.2, 0.25) is 0 Å². The summed E-state index contributed by atoms with van der Waals surface area (Å²) in [6, 6.07) is 0.0926. The van der Waals surface area contributed by atoms with Crippen LogP contribution in [0.2, 0.25) is 0 Å². The molecule has 31 aromatic rings. The maximum atomic E-state index is 16.0. The molecule has 31 rings (SSSR count). The molecule has 0 N–H and O–H groups in total. The molecule has 0 saturated heterocycles. The summed E-state index contributed by atoms with van der Waals surface area (Å²) in [5.41, 5.74) is 2.41. The summed E-state index contributed by atoms with van der Waals surface area (Å²) in [6.07, 6.45) is 0. The third-order valence-corrected chi connectivity index (χ3v) is 23.2. The van der Waals surface area contributed by atoms with E-state index in [1.807, 2.05) is 19.0 Å². The molecule has 0 radical (unpaired) electrons. The third kappa shape index (κ3) is 1.25. The van der Waals surface area contributed by atoms with Crippen LogP contribution in [0.5, 0.6) is 0 Å². The Kier molecular flexibility index (Phi) is 1.94. The lowest BCUT2D eigenvalue weighted by Crippen LogP contribution is -2.28. The Bertz CT molecular complexity index is 6890. The highest BCUT2D eigenvalue weighted by Gasteiger charge is 2.51. The maximum Gasteiger partial charge on any atom is 0.328 e. The molecule has 1 amide bonds. The summed E-state index contributed by atoms with van der Waals surface area (Å²) in [7, 11) is 4.00. The Balaban J connectivity index is 1.30. The summed E-state index contributed by atoms with van der Waals surface area (Å²) in [5, 5.41) is 90.0. The molecule has 0 bridgehead atoms. The minimum Gasteiger partial charge on any atom is -0.330 e. The number of fused-ring (bicyclic) bond motifs is 5. The van der Waals surface area contributed by atoms with Crippen molar-refractivity contribution < 1.29 is 4.79 Å². The van der Waals surface area contributed by atoms with Crippen LogP contribution in [0.3, 0.4) is 0 Å². The van der Waals surface area contributed by atoms with Gasteiger partial charge in [-0.2, -0.15) is 0 Å². The number of pyridine rings is 1. The van der Waals surface area contributed by atoms with Crippen LogP contribution in [0.1, 0.15) is 0 Å². The molecule has 0 spiro atoms. The summed E-state index contributed by atoms with van der Waals surface area (Å²) < 4.78 is 2.35. The van der Waals surface area contributed by atoms with E-state index in [0.29, 0.717) is 0 Å². The first-order chi connectivity index (χ1) is 32.7. The van der Waals surface area contributed by atoms with E-state index in [1.165, 1.54) is 119 Å². The van der Waals surface area contributed by atoms with Crippen molar-refractivity contribution in [3.63, 3.8) is 0 Å². The smallest absolute Gasteiger partial charge is 0.328 e. The lowest BCUT2D eigenvalue weighted by atomic mass is 9.84. The standard InChI is InChI=1S/C63H6N2O/c1-64(2)63(66)65-61-57-50-43-31-23-14-5-3-4-6-9(5)18-25(23)33-34-26(18)24-15(6)17-13-8(4)11-10-7(3)12-16(14)29(31)37-35-21(12)19(10)27-28-20(11)22(13)36-38-30(17)32(24)44-46(34)55(54(57)45(33)43)58-51(44)49(38)53-42(36)40(28)47-39(27)41(35)52(48(37)50)59(61)56(47)60(53)62(58)65/h1-2H3. The maximum absolute atomic E-state index is 16.0. The van der Waals surface area contributed by atoms with Gasteiger partial charge in [-0.25, -0.2) is 4.79 Å². The second kappa shape index (κ2) is 5.33. The van der Waals surface area contributed by atoms with Crippen LogP contribution in [-0.4, -0.2) is 29.6 Å². The van der Waals surface area contributed by atoms with Crippen molar-refractivity contribution in [3.8, 4) is 0 Å². The Morgan fingerprint density at radius 2 is 0.288 bits per heavy atom. The van der Waals surface area contributed by atoms with Crippen molar-refractivity contribution in [2.75, 3.05) is 14.1 Å². The largest absolute Gasteiger partial charge is 0.330 e. The fourth-order valence-electron chi connectivity index (χ4n) is 22.9. The van der Waals surface area contributed by atoms with Crippen molar-refractivity contribution in [2.45, 2.75) is 0 Å². The molecule has 66 heavy (non-hydrogen) atoms. The Morgan fingerprint density at radius 3 is 0.394 bits per heavy atom. The predicted molar refractivity (Wildman–Crippen MR) is 282 cm³/mol. The number of benzene rings is 19. The quantitative estimate of drug-likeness (QED) is 0.111. The van der Waals surface area contributed by atoms with Crippen LogP contribution in [0.15, 0.2) is 0 Å². The first-order valence-corrected chi connectivity index (χ1v) is 24.2. The number of carbonyl (C=O) groups is 1. The molecule has 0 fully saturated rings. The molecule has 274 valence electrons. The Labute approximate surface area is 356 Å². The lowest BCUT2D eigenvalue weighted by molar-refractivity contribution is 0.221. The minimum atomic E-state index is 0.0926. The van der Waals surface area contributed by atoms with Gasteiger partial charge in [-0.05, 0) is 0 Å². The van der Waals surface area contributed by atoms with Crippen molar-refractivity contribution >= 4 is 329 Å². The number of nitrogens with zero attached hydrogens (tertiary/aromatic N) is 2. The van der Waals surface area contributed by atoms with E-state index in [9.17, 15) is 0 Å². The summed E-state index contributed by atoms with van der Waals surface area (Å²) in [6.45, 7) is 0. The average molecular weight is 807 g/mol. The van der Waals surface area contributed by atoms with E-state index < -0.39 is 0 Å². The first kappa shape index (κ1) is 24.0. The molecule has 30 aromatic carbocycles. The molecule has 1 aromatic heterocycles. The Hall–Kier alpha value is -8.53. The van der Waals surface area contributed by atoms with Gasteiger partial charge in [0.1, 0.15) is 0 Å². The van der Waals surface area contributed by atoms with Crippen molar-refractivity contribution in [3.05, 3.63) is 0 Å². The van der Waals surface area contributed by atoms with E-state index in [0.717, 1.165) is 0 Å². The highest BCUT2D eigenvalue weighted by atomic mass is 16.2. The van der Waals surface area contributed by atoms with E-state index in [4.69, 9.17) is 0 Å². The van der Waals surface area contributed by atoms with Crippen molar-refractivity contribution in [1.29, 1.82) is 0 Å². The third-order valence-electron chi connectivity index (χ3n) is 23.2. The predicted octanol–water partition coefficient (Wildman–Crippen LogP) is 17.6. The molecule has 0 atom stereocenters. The number of rotatable bonds is 0. The highest BCUT2D eigenvalue weighted by molar-refractivity contribution is 6.84. The van der Waals surface area contributed by atoms with Gasteiger partial charge in [-0.15, -0.1) is 0 Å². The number of carbonyl (C=O) groups excluding carboxylic acids is 1. The van der Waals surface area contributed by atoms with Crippen LogP contribution in [0, 0.1) is 0 Å². The van der Waals surface area contributed by atoms with E-state index in [1.54, 1.807) is 205 Å². The molecule has 3 nitrogen and oxygen atoms in total. The number of hydrogen-bond acceptors (Lipinski definition) is 1. The molecule has 0 unspecified atom stereocenters. The zero-order valence-electron chi connectivity index (χ0n) is 33.8. The second-order valence-corrected chi connectivity index (χ2v) is 24.0. The monoisotopic (exact) mass is 806 g/mol. The molecule has 0 aliphatic heterocycles. The van der Waals surface area contributed by atoms with Gasteiger partial charge >= 0.3 is 6.03 Å². The zero-order chi connectivity index (χ0) is 39.4. The summed E-state index contributed by atoms with van der Waals surface area (Å²) in [5.74, 6) is 0. The van der Waals surface area contributed by atoms with Gasteiger partial charge in [0.25, 0.3) is 0 Å². The molecule has 0 aliphatic rings. The number of hydrogen-bond donors (Lipinski definition) is 0. The van der Waals surface area contributed by atoms with Gasteiger partial charge < -0.3 is 4.90 Å². The fourth-order valence-corrected chi connectivity index (χ4v) is 22.9. The van der Waals surface area contributed by atoms with Crippen LogP contribution in [0.4, 0.5) is 4.79 Å². The van der Waals surface area contributed by atoms with Crippen LogP contribution < -0.4 is 0 Å². The molecule has 1 heterocycles. The SMILES string of the molecule is CN(C)C(=O)n1c2c3c4c5c6c7c8c9c%10c%11c%12c9c9c7c7c%13c9c9c%12c%12c%14c%11c%11c%15c%10c%10c8c6c6c8c%10c%15c%10c%15c%11c%14c%11c%14c%12c9c9c%13c(c3c75)c3c9c%14c5c%11c%15c7c%10c8c(c64)c2c7c5c31. The summed E-state index contributed by atoms with van der Waals surface area (Å²) in [4.78, 5) is 17.9. The minimum absolute atomic E-state index is 0.0926. The topological polar surface area (TPSA) is 25.2 Å². The van der Waals surface area contributed by atoms with Crippen LogP contribution in [-0.2, 0) is 0 Å².